The van der Waals surface area contributed by atoms with Gasteiger partial charge in [0, 0.05) is 25.7 Å². The number of benzene rings is 1. The number of hydrogen-bond donors (Lipinski definition) is 2. The van der Waals surface area contributed by atoms with Crippen LogP contribution < -0.4 is 15.4 Å². The molecule has 1 aromatic carbocycles. The molecular weight excluding hydrogens is 536 g/mol. The van der Waals surface area contributed by atoms with Crippen molar-refractivity contribution < 1.29 is 26.3 Å². The molecule has 1 fully saturated rings. The van der Waals surface area contributed by atoms with Gasteiger partial charge in [0.2, 0.25) is 0 Å². The third-order valence-corrected chi connectivity index (χ3v) is 6.05. The minimum Gasteiger partial charge on any atom is -0.492 e. The number of aryl methyl sites for hydroxylation is 1. The summed E-state index contributed by atoms with van der Waals surface area (Å²) < 4.78 is 67.0. The molecule has 0 unspecified atom stereocenters. The summed E-state index contributed by atoms with van der Waals surface area (Å²) in [5.41, 5.74) is -4.12. The zero-order valence-electron chi connectivity index (χ0n) is 16.9. The summed E-state index contributed by atoms with van der Waals surface area (Å²) in [6.07, 6.45) is 0.527. The molecule has 0 atom stereocenters. The van der Waals surface area contributed by atoms with Crippen LogP contribution in [0.3, 0.4) is 0 Å². The van der Waals surface area contributed by atoms with Crippen LogP contribution in [0.5, 0.6) is 5.75 Å². The first-order valence-electron chi connectivity index (χ1n) is 9.44. The maximum atomic E-state index is 12.7. The number of hydrogen-bond acceptors (Lipinski definition) is 4. The Bertz CT molecular complexity index is 781. The van der Waals surface area contributed by atoms with E-state index in [4.69, 9.17) is 4.74 Å². The van der Waals surface area contributed by atoms with Gasteiger partial charge in [-0.1, -0.05) is 17.7 Å². The Labute approximate surface area is 192 Å². The van der Waals surface area contributed by atoms with E-state index in [1.807, 2.05) is 38.1 Å². The Morgan fingerprint density at radius 3 is 2.37 bits per heavy atom. The van der Waals surface area contributed by atoms with Gasteiger partial charge in [0.25, 0.3) is 0 Å². The molecule has 0 bridgehead atoms. The standard InChI is InChI=1S/C18H27F3N4O3S.HI/c1-3-22-17(23-10-13-28-16-6-4-14(2)5-7-16)24-15-8-11-25(12-9-15)29(26,27)18(19,20)21;/h4-7,15H,3,8-13H2,1-2H3,(H2,22,23,24);1H. The van der Waals surface area contributed by atoms with Crippen LogP contribution in [-0.2, 0) is 10.0 Å². The summed E-state index contributed by atoms with van der Waals surface area (Å²) in [7, 11) is -5.27. The Morgan fingerprint density at radius 1 is 1.23 bits per heavy atom. The summed E-state index contributed by atoms with van der Waals surface area (Å²) in [6.45, 7) is 4.91. The van der Waals surface area contributed by atoms with Crippen molar-refractivity contribution in [3.8, 4) is 5.75 Å². The number of aliphatic imine (C=N–C) groups is 1. The van der Waals surface area contributed by atoms with Gasteiger partial charge in [-0.2, -0.15) is 17.5 Å². The van der Waals surface area contributed by atoms with Gasteiger partial charge in [-0.15, -0.1) is 24.0 Å². The van der Waals surface area contributed by atoms with E-state index in [1.54, 1.807) is 0 Å². The van der Waals surface area contributed by atoms with Gasteiger partial charge in [-0.05, 0) is 38.8 Å². The topological polar surface area (TPSA) is 83.0 Å². The number of sulfonamides is 1. The first-order chi connectivity index (χ1) is 13.6. The number of alkyl halides is 3. The average Bonchev–Trinajstić information content (AvgIpc) is 2.66. The number of nitrogens with zero attached hydrogens (tertiary/aromatic N) is 2. The predicted octanol–water partition coefficient (Wildman–Crippen LogP) is 2.86. The van der Waals surface area contributed by atoms with Crippen molar-refractivity contribution >= 4 is 40.0 Å². The van der Waals surface area contributed by atoms with Crippen LogP contribution in [0, 0.1) is 6.92 Å². The smallest absolute Gasteiger partial charge is 0.492 e. The lowest BCUT2D eigenvalue weighted by atomic mass is 10.1. The van der Waals surface area contributed by atoms with Crippen molar-refractivity contribution in [1.29, 1.82) is 0 Å². The zero-order valence-corrected chi connectivity index (χ0v) is 20.1. The van der Waals surface area contributed by atoms with Crippen LogP contribution in [0.2, 0.25) is 0 Å². The van der Waals surface area contributed by atoms with E-state index >= 15 is 0 Å². The number of piperidine rings is 1. The van der Waals surface area contributed by atoms with Crippen molar-refractivity contribution in [2.75, 3.05) is 32.8 Å². The Balaban J connectivity index is 0.00000450. The van der Waals surface area contributed by atoms with Gasteiger partial charge >= 0.3 is 15.5 Å². The van der Waals surface area contributed by atoms with Crippen LogP contribution in [0.25, 0.3) is 0 Å². The zero-order chi connectivity index (χ0) is 21.5. The van der Waals surface area contributed by atoms with Crippen molar-refractivity contribution in [3.63, 3.8) is 0 Å². The lowest BCUT2D eigenvalue weighted by Crippen LogP contribution is -2.51. The Kier molecular flexibility index (Phi) is 10.6. The minimum absolute atomic E-state index is 0. The molecule has 1 aliphatic rings. The molecular formula is C18H28F3IN4O3S. The van der Waals surface area contributed by atoms with Crippen molar-refractivity contribution in [3.05, 3.63) is 29.8 Å². The third kappa shape index (κ3) is 7.76. The van der Waals surface area contributed by atoms with Gasteiger partial charge in [0.05, 0.1) is 6.54 Å². The molecule has 2 rings (SSSR count). The van der Waals surface area contributed by atoms with E-state index in [9.17, 15) is 21.6 Å². The number of nitrogens with one attached hydrogen (secondary N) is 2. The molecule has 7 nitrogen and oxygen atoms in total. The number of rotatable bonds is 7. The fraction of sp³-hybridized carbons (Fsp3) is 0.611. The quantitative estimate of drug-likeness (QED) is 0.231. The maximum absolute atomic E-state index is 12.7. The second-order valence-corrected chi connectivity index (χ2v) is 8.62. The van der Waals surface area contributed by atoms with Gasteiger partial charge < -0.3 is 15.4 Å². The van der Waals surface area contributed by atoms with Crippen LogP contribution in [0.4, 0.5) is 13.2 Å². The van der Waals surface area contributed by atoms with Crippen molar-refractivity contribution in [2.45, 2.75) is 38.2 Å². The summed E-state index contributed by atoms with van der Waals surface area (Å²) in [5.74, 6) is 1.28. The van der Waals surface area contributed by atoms with E-state index in [0.717, 1.165) is 11.3 Å². The maximum Gasteiger partial charge on any atom is 0.511 e. The molecule has 0 spiro atoms. The fourth-order valence-electron chi connectivity index (χ4n) is 2.86. The second kappa shape index (κ2) is 11.9. The first kappa shape index (κ1) is 26.8. The molecule has 1 aromatic rings. The first-order valence-corrected chi connectivity index (χ1v) is 10.9. The SMILES string of the molecule is CCNC(=NCCOc1ccc(C)cc1)NC1CCN(S(=O)(=O)C(F)(F)F)CC1.I. The Morgan fingerprint density at radius 2 is 1.83 bits per heavy atom. The van der Waals surface area contributed by atoms with Crippen LogP contribution in [0.1, 0.15) is 25.3 Å². The average molecular weight is 564 g/mol. The predicted molar refractivity (Wildman–Crippen MR) is 121 cm³/mol. The molecule has 0 aliphatic carbocycles. The molecule has 0 radical (unpaired) electrons. The Hall–Kier alpha value is -1.28. The molecule has 2 N–H and O–H groups in total. The van der Waals surface area contributed by atoms with Crippen LogP contribution in [0.15, 0.2) is 29.3 Å². The van der Waals surface area contributed by atoms with Crippen molar-refractivity contribution in [1.82, 2.24) is 14.9 Å². The second-order valence-electron chi connectivity index (χ2n) is 6.69. The van der Waals surface area contributed by atoms with Gasteiger partial charge in [0.15, 0.2) is 5.96 Å². The highest BCUT2D eigenvalue weighted by atomic mass is 127. The van der Waals surface area contributed by atoms with Crippen molar-refractivity contribution in [2.24, 2.45) is 4.99 Å². The molecule has 172 valence electrons. The molecule has 12 heteroatoms. The van der Waals surface area contributed by atoms with Gasteiger partial charge in [-0.25, -0.2) is 13.4 Å². The van der Waals surface area contributed by atoms with Crippen LogP contribution >= 0.6 is 24.0 Å². The molecule has 0 amide bonds. The highest BCUT2D eigenvalue weighted by Gasteiger charge is 2.50. The van der Waals surface area contributed by atoms with Gasteiger partial charge in [-0.3, -0.25) is 0 Å². The van der Waals surface area contributed by atoms with Gasteiger partial charge in [0.1, 0.15) is 12.4 Å². The number of guanidine groups is 1. The lowest BCUT2D eigenvalue weighted by Gasteiger charge is -2.32. The highest BCUT2D eigenvalue weighted by Crippen LogP contribution is 2.28. The van der Waals surface area contributed by atoms with E-state index in [2.05, 4.69) is 15.6 Å². The molecule has 1 heterocycles. The monoisotopic (exact) mass is 564 g/mol. The van der Waals surface area contributed by atoms with E-state index < -0.39 is 15.5 Å². The molecule has 1 saturated heterocycles. The number of halogens is 4. The highest BCUT2D eigenvalue weighted by molar-refractivity contribution is 14.0. The summed E-state index contributed by atoms with van der Waals surface area (Å²) in [4.78, 5) is 4.40. The molecule has 30 heavy (non-hydrogen) atoms. The molecule has 0 aromatic heterocycles. The molecule has 1 aliphatic heterocycles. The van der Waals surface area contributed by atoms with E-state index in [1.165, 1.54) is 0 Å². The normalized spacial score (nSPS) is 16.6. The number of ether oxygens (including phenoxy) is 1. The summed E-state index contributed by atoms with van der Waals surface area (Å²) in [6, 6.07) is 7.51. The summed E-state index contributed by atoms with van der Waals surface area (Å²) >= 11 is 0. The summed E-state index contributed by atoms with van der Waals surface area (Å²) in [5, 5.41) is 6.23. The third-order valence-electron chi connectivity index (χ3n) is 4.42. The van der Waals surface area contributed by atoms with Crippen LogP contribution in [-0.4, -0.2) is 63.0 Å². The lowest BCUT2D eigenvalue weighted by molar-refractivity contribution is -0.0494. The molecule has 0 saturated carbocycles. The minimum atomic E-state index is -5.27. The fourth-order valence-corrected chi connectivity index (χ4v) is 3.84. The van der Waals surface area contributed by atoms with E-state index in [0.29, 0.717) is 30.0 Å². The van der Waals surface area contributed by atoms with E-state index in [-0.39, 0.29) is 55.9 Å². The largest absolute Gasteiger partial charge is 0.511 e.